The summed E-state index contributed by atoms with van der Waals surface area (Å²) >= 11 is 0. The number of hydrazine groups is 1. The summed E-state index contributed by atoms with van der Waals surface area (Å²) in [6.45, 7) is 3.42. The third-order valence-corrected chi connectivity index (χ3v) is 2.18. The van der Waals surface area contributed by atoms with Crippen LogP contribution in [0.3, 0.4) is 0 Å². The van der Waals surface area contributed by atoms with Crippen molar-refractivity contribution in [2.24, 2.45) is 17.7 Å². The summed E-state index contributed by atoms with van der Waals surface area (Å²) in [7, 11) is 0. The molecule has 4 nitrogen and oxygen atoms in total. The Morgan fingerprint density at radius 1 is 1.73 bits per heavy atom. The van der Waals surface area contributed by atoms with Crippen molar-refractivity contribution in [2.75, 3.05) is 0 Å². The maximum atomic E-state index is 10.9. The molecule has 0 heterocycles. The zero-order valence-electron chi connectivity index (χ0n) is 6.79. The first-order valence-corrected chi connectivity index (χ1v) is 3.69. The molecule has 2 unspecified atom stereocenters. The Kier molecular flexibility index (Phi) is 1.90. The van der Waals surface area contributed by atoms with E-state index in [9.17, 15) is 9.90 Å². The monoisotopic (exact) mass is 158 g/mol. The lowest BCUT2D eigenvalue weighted by Gasteiger charge is -2.16. The number of hydrogen-bond donors (Lipinski definition) is 3. The highest BCUT2D eigenvalue weighted by molar-refractivity contribution is 5.81. The predicted molar refractivity (Wildman–Crippen MR) is 40.2 cm³/mol. The Hall–Kier alpha value is -0.610. The first-order valence-electron chi connectivity index (χ1n) is 3.69. The number of nitrogens with two attached hydrogens (primary N) is 1. The number of carbonyl (C=O) groups excluding carboxylic acids is 1. The van der Waals surface area contributed by atoms with E-state index >= 15 is 0 Å². The lowest BCUT2D eigenvalue weighted by atomic mass is 10.0. The van der Waals surface area contributed by atoms with Crippen LogP contribution < -0.4 is 11.3 Å². The fourth-order valence-corrected chi connectivity index (χ4v) is 1.37. The van der Waals surface area contributed by atoms with Crippen LogP contribution >= 0.6 is 0 Å². The number of nitrogens with one attached hydrogen (secondary N) is 1. The van der Waals surface area contributed by atoms with E-state index in [4.69, 9.17) is 5.84 Å². The molecule has 0 saturated heterocycles. The molecule has 11 heavy (non-hydrogen) atoms. The molecule has 1 amide bonds. The van der Waals surface area contributed by atoms with Crippen molar-refractivity contribution in [3.05, 3.63) is 0 Å². The van der Waals surface area contributed by atoms with Gasteiger partial charge >= 0.3 is 0 Å². The van der Waals surface area contributed by atoms with Gasteiger partial charge in [-0.05, 0) is 26.2 Å². The summed E-state index contributed by atoms with van der Waals surface area (Å²) in [4.78, 5) is 10.9. The van der Waals surface area contributed by atoms with E-state index in [1.807, 2.05) is 0 Å². The summed E-state index contributed by atoms with van der Waals surface area (Å²) in [5.74, 6) is 4.76. The van der Waals surface area contributed by atoms with E-state index in [1.54, 1.807) is 13.8 Å². The van der Waals surface area contributed by atoms with Crippen molar-refractivity contribution in [2.45, 2.75) is 25.9 Å². The Morgan fingerprint density at radius 2 is 2.27 bits per heavy atom. The van der Waals surface area contributed by atoms with Gasteiger partial charge in [0.05, 0.1) is 5.60 Å². The van der Waals surface area contributed by atoms with Crippen LogP contribution in [-0.4, -0.2) is 16.6 Å². The highest BCUT2D eigenvalue weighted by Crippen LogP contribution is 2.46. The van der Waals surface area contributed by atoms with Gasteiger partial charge in [-0.3, -0.25) is 10.2 Å². The van der Waals surface area contributed by atoms with Gasteiger partial charge in [0, 0.05) is 5.92 Å². The molecule has 1 aliphatic carbocycles. The molecule has 0 aromatic carbocycles. The summed E-state index contributed by atoms with van der Waals surface area (Å²) in [5.41, 5.74) is 1.33. The lowest BCUT2D eigenvalue weighted by molar-refractivity contribution is -0.123. The highest BCUT2D eigenvalue weighted by Gasteiger charge is 2.50. The maximum Gasteiger partial charge on any atom is 0.237 e. The fraction of sp³-hybridized carbons (Fsp3) is 0.857. The Labute approximate surface area is 65.7 Å². The third-order valence-electron chi connectivity index (χ3n) is 2.18. The number of hydrogen-bond acceptors (Lipinski definition) is 3. The van der Waals surface area contributed by atoms with Crippen molar-refractivity contribution in [1.29, 1.82) is 0 Å². The zero-order chi connectivity index (χ0) is 8.65. The normalized spacial score (nSPS) is 29.8. The molecule has 0 bridgehead atoms. The molecule has 64 valence electrons. The summed E-state index contributed by atoms with van der Waals surface area (Å²) < 4.78 is 0. The van der Waals surface area contributed by atoms with Crippen molar-refractivity contribution >= 4 is 5.91 Å². The molecule has 0 aliphatic heterocycles. The second kappa shape index (κ2) is 2.46. The molecule has 1 fully saturated rings. The van der Waals surface area contributed by atoms with Gasteiger partial charge in [0.1, 0.15) is 0 Å². The van der Waals surface area contributed by atoms with Crippen molar-refractivity contribution in [3.63, 3.8) is 0 Å². The Balaban J connectivity index is 2.44. The van der Waals surface area contributed by atoms with Crippen LogP contribution in [0.1, 0.15) is 20.3 Å². The molecular weight excluding hydrogens is 144 g/mol. The van der Waals surface area contributed by atoms with Crippen LogP contribution in [-0.2, 0) is 4.79 Å². The van der Waals surface area contributed by atoms with Gasteiger partial charge in [0.25, 0.3) is 0 Å². The number of carbonyl (C=O) groups is 1. The minimum absolute atomic E-state index is 0.0750. The molecular formula is C7H14N2O2. The van der Waals surface area contributed by atoms with Crippen LogP contribution in [0.2, 0.25) is 0 Å². The topological polar surface area (TPSA) is 75.3 Å². The average Bonchev–Trinajstić information content (AvgIpc) is 2.62. The van der Waals surface area contributed by atoms with Crippen molar-refractivity contribution < 1.29 is 9.90 Å². The van der Waals surface area contributed by atoms with Gasteiger partial charge < -0.3 is 5.11 Å². The standard InChI is InChI=1S/C7H14N2O2/c1-7(2,11)5-3-4(5)6(10)9-8/h4-5,11H,3,8H2,1-2H3,(H,9,10). The van der Waals surface area contributed by atoms with E-state index in [2.05, 4.69) is 5.43 Å². The minimum Gasteiger partial charge on any atom is -0.390 e. The van der Waals surface area contributed by atoms with E-state index in [0.29, 0.717) is 0 Å². The van der Waals surface area contributed by atoms with E-state index in [1.165, 1.54) is 0 Å². The van der Waals surface area contributed by atoms with E-state index < -0.39 is 5.60 Å². The average molecular weight is 158 g/mol. The predicted octanol–water partition coefficient (Wildman–Crippen LogP) is -0.617. The van der Waals surface area contributed by atoms with Crippen LogP contribution in [0.5, 0.6) is 0 Å². The molecule has 0 aromatic heterocycles. The first-order chi connectivity index (χ1) is 4.96. The van der Waals surface area contributed by atoms with Crippen molar-refractivity contribution in [1.82, 2.24) is 5.43 Å². The molecule has 1 aliphatic rings. The smallest absolute Gasteiger partial charge is 0.237 e. The fourth-order valence-electron chi connectivity index (χ4n) is 1.37. The van der Waals surface area contributed by atoms with Crippen LogP contribution in [0.4, 0.5) is 0 Å². The van der Waals surface area contributed by atoms with E-state index in [0.717, 1.165) is 6.42 Å². The molecule has 0 radical (unpaired) electrons. The van der Waals surface area contributed by atoms with Crippen LogP contribution in [0, 0.1) is 11.8 Å². The minimum atomic E-state index is -0.753. The maximum absolute atomic E-state index is 10.9. The molecule has 4 heteroatoms. The SMILES string of the molecule is CC(C)(O)C1CC1C(=O)NN. The summed E-state index contributed by atoms with van der Waals surface area (Å²) in [6.07, 6.45) is 0.743. The molecule has 2 atom stereocenters. The third kappa shape index (κ3) is 1.70. The Bertz CT molecular complexity index is 174. The largest absolute Gasteiger partial charge is 0.390 e. The first kappa shape index (κ1) is 8.49. The van der Waals surface area contributed by atoms with E-state index in [-0.39, 0.29) is 17.7 Å². The van der Waals surface area contributed by atoms with Crippen LogP contribution in [0.15, 0.2) is 0 Å². The lowest BCUT2D eigenvalue weighted by Crippen LogP contribution is -2.34. The Morgan fingerprint density at radius 3 is 2.55 bits per heavy atom. The van der Waals surface area contributed by atoms with Crippen LogP contribution in [0.25, 0.3) is 0 Å². The summed E-state index contributed by atoms with van der Waals surface area (Å²) in [6, 6.07) is 0. The number of amides is 1. The van der Waals surface area contributed by atoms with Gasteiger partial charge in [0.2, 0.25) is 5.91 Å². The molecule has 1 rings (SSSR count). The van der Waals surface area contributed by atoms with Gasteiger partial charge in [-0.15, -0.1) is 0 Å². The molecule has 0 spiro atoms. The number of aliphatic hydroxyl groups is 1. The van der Waals surface area contributed by atoms with Crippen molar-refractivity contribution in [3.8, 4) is 0 Å². The quantitative estimate of drug-likeness (QED) is 0.285. The molecule has 4 N–H and O–H groups in total. The van der Waals surface area contributed by atoms with Gasteiger partial charge in [0.15, 0.2) is 0 Å². The zero-order valence-corrected chi connectivity index (χ0v) is 6.79. The van der Waals surface area contributed by atoms with Gasteiger partial charge in [-0.1, -0.05) is 0 Å². The van der Waals surface area contributed by atoms with Gasteiger partial charge in [-0.2, -0.15) is 0 Å². The molecule has 1 saturated carbocycles. The number of rotatable bonds is 2. The molecule has 0 aromatic rings. The summed E-state index contributed by atoms with van der Waals surface area (Å²) in [5, 5.41) is 9.45. The second-order valence-corrected chi connectivity index (χ2v) is 3.61. The highest BCUT2D eigenvalue weighted by atomic mass is 16.3. The second-order valence-electron chi connectivity index (χ2n) is 3.61. The van der Waals surface area contributed by atoms with Gasteiger partial charge in [-0.25, -0.2) is 5.84 Å².